The number of halogens is 6. The number of rotatable bonds is 9. The fraction of sp³-hybridized carbons (Fsp3) is 0.438. The summed E-state index contributed by atoms with van der Waals surface area (Å²) >= 11 is 0. The molecule has 43 heavy (non-hydrogen) atoms. The molecule has 2 aromatic carbocycles. The number of hydrogen-bond acceptors (Lipinski definition) is 3. The van der Waals surface area contributed by atoms with Gasteiger partial charge >= 0.3 is 18.4 Å². The lowest BCUT2D eigenvalue weighted by atomic mass is 10.0. The van der Waals surface area contributed by atoms with Crippen LogP contribution in [0.25, 0.3) is 10.9 Å². The summed E-state index contributed by atoms with van der Waals surface area (Å²) in [6.07, 6.45) is -3.82. The van der Waals surface area contributed by atoms with Crippen molar-refractivity contribution >= 4 is 22.8 Å². The van der Waals surface area contributed by atoms with Gasteiger partial charge in [-0.05, 0) is 75.4 Å². The van der Waals surface area contributed by atoms with Crippen molar-refractivity contribution in [1.29, 1.82) is 0 Å². The van der Waals surface area contributed by atoms with Crippen LogP contribution >= 0.6 is 0 Å². The molecule has 1 heterocycles. The number of alkyl halides is 6. The van der Waals surface area contributed by atoms with E-state index in [-0.39, 0.29) is 18.2 Å². The first-order valence-electron chi connectivity index (χ1n) is 14.4. The second-order valence-electron chi connectivity index (χ2n) is 11.0. The Morgan fingerprint density at radius 3 is 2.19 bits per heavy atom. The van der Waals surface area contributed by atoms with Crippen LogP contribution in [0.5, 0.6) is 0 Å². The highest BCUT2D eigenvalue weighted by Crippen LogP contribution is 2.37. The van der Waals surface area contributed by atoms with E-state index >= 15 is 0 Å². The maximum absolute atomic E-state index is 13.6. The van der Waals surface area contributed by atoms with E-state index < -0.39 is 36.1 Å². The highest BCUT2D eigenvalue weighted by atomic mass is 19.4. The Balaban J connectivity index is 1.79. The number of para-hydroxylation sites is 1. The summed E-state index contributed by atoms with van der Waals surface area (Å²) in [6.45, 7) is 6.19. The van der Waals surface area contributed by atoms with Crippen LogP contribution in [0.2, 0.25) is 0 Å². The third kappa shape index (κ3) is 8.20. The van der Waals surface area contributed by atoms with E-state index in [1.165, 1.54) is 4.90 Å². The quantitative estimate of drug-likeness (QED) is 0.248. The monoisotopic (exact) mass is 606 g/mol. The molecule has 232 valence electrons. The van der Waals surface area contributed by atoms with Gasteiger partial charge in [0.1, 0.15) is 5.82 Å². The number of allylic oxidation sites excluding steroid dienone is 2. The fourth-order valence-electron chi connectivity index (χ4n) is 5.47. The van der Waals surface area contributed by atoms with Crippen LogP contribution in [0.3, 0.4) is 0 Å². The zero-order valence-corrected chi connectivity index (χ0v) is 24.4. The van der Waals surface area contributed by atoms with Crippen molar-refractivity contribution in [2.75, 3.05) is 18.0 Å². The molecule has 1 aromatic heterocycles. The van der Waals surface area contributed by atoms with E-state index in [1.54, 1.807) is 19.9 Å². The van der Waals surface area contributed by atoms with Crippen LogP contribution in [0.15, 0.2) is 60.3 Å². The van der Waals surface area contributed by atoms with E-state index in [4.69, 9.17) is 4.98 Å². The van der Waals surface area contributed by atoms with Crippen LogP contribution in [-0.2, 0) is 25.4 Å². The maximum Gasteiger partial charge on any atom is 0.416 e. The topological polar surface area (TPSA) is 48.5 Å². The summed E-state index contributed by atoms with van der Waals surface area (Å²) in [5.74, 6) is 1.14. The molecule has 0 spiro atoms. The zero-order valence-electron chi connectivity index (χ0n) is 24.4. The van der Waals surface area contributed by atoms with Crippen molar-refractivity contribution in [2.24, 2.45) is 5.92 Å². The minimum Gasteiger partial charge on any atom is -0.356 e. The van der Waals surface area contributed by atoms with Gasteiger partial charge in [-0.3, -0.25) is 0 Å². The van der Waals surface area contributed by atoms with Crippen molar-refractivity contribution in [1.82, 2.24) is 15.2 Å². The standard InChI is InChI=1S/C32H36F6N4O/c1-4-21(3)39-30(43)42(19-23-14-26(31(33,34)35)17-27(15-23)32(36,37)38)20-25-16-24-12-8-9-13-28(24)40-29(25)41(5-2)18-22-10-6-7-11-22/h4,8-9,12-17,22H,5-7,10-11,18-20H2,1-3H3,(H,39,43)/b21-4-. The molecular weight excluding hydrogens is 570 g/mol. The number of pyridine rings is 1. The number of fused-ring (bicyclic) bond motifs is 1. The maximum atomic E-state index is 13.6. The van der Waals surface area contributed by atoms with Gasteiger partial charge in [0, 0.05) is 36.3 Å². The Hall–Kier alpha value is -3.76. The summed E-state index contributed by atoms with van der Waals surface area (Å²) in [4.78, 5) is 21.8. The normalized spacial score (nSPS) is 14.8. The Morgan fingerprint density at radius 1 is 0.977 bits per heavy atom. The van der Waals surface area contributed by atoms with E-state index in [1.807, 2.05) is 37.3 Å². The number of aromatic nitrogens is 1. The molecule has 0 atom stereocenters. The van der Waals surface area contributed by atoms with Gasteiger partial charge in [0.15, 0.2) is 0 Å². The molecule has 1 aliphatic rings. The third-order valence-corrected chi connectivity index (χ3v) is 7.82. The first-order chi connectivity index (χ1) is 20.3. The highest BCUT2D eigenvalue weighted by Gasteiger charge is 2.37. The summed E-state index contributed by atoms with van der Waals surface area (Å²) in [5.41, 5.74) is -1.25. The van der Waals surface area contributed by atoms with Crippen molar-refractivity contribution in [3.05, 3.63) is 82.6 Å². The lowest BCUT2D eigenvalue weighted by molar-refractivity contribution is -0.143. The SMILES string of the molecule is C/C=C(/C)NC(=O)N(Cc1cc(C(F)(F)F)cc(C(F)(F)F)c1)Cc1cc2ccccc2nc1N(CC)CC1CCCC1. The smallest absolute Gasteiger partial charge is 0.356 e. The van der Waals surface area contributed by atoms with E-state index in [9.17, 15) is 31.1 Å². The van der Waals surface area contributed by atoms with Crippen LogP contribution in [0, 0.1) is 5.92 Å². The number of hydrogen-bond donors (Lipinski definition) is 1. The molecule has 11 heteroatoms. The van der Waals surface area contributed by atoms with Crippen molar-refractivity contribution in [3.63, 3.8) is 0 Å². The second kappa shape index (κ2) is 13.3. The highest BCUT2D eigenvalue weighted by molar-refractivity contribution is 5.82. The van der Waals surface area contributed by atoms with E-state index in [2.05, 4.69) is 10.2 Å². The molecule has 4 rings (SSSR count). The number of nitrogens with zero attached hydrogens (tertiary/aromatic N) is 3. The first kappa shape index (κ1) is 32.2. The lowest BCUT2D eigenvalue weighted by Crippen LogP contribution is -2.39. The first-order valence-corrected chi connectivity index (χ1v) is 14.4. The number of nitrogens with one attached hydrogen (secondary N) is 1. The summed E-state index contributed by atoms with van der Waals surface area (Å²) < 4.78 is 81.7. The van der Waals surface area contributed by atoms with Crippen molar-refractivity contribution < 1.29 is 31.1 Å². The van der Waals surface area contributed by atoms with E-state index in [0.717, 1.165) is 43.1 Å². The number of amides is 2. The summed E-state index contributed by atoms with van der Waals surface area (Å²) in [5, 5.41) is 3.50. The Kier molecular flexibility index (Phi) is 9.92. The van der Waals surface area contributed by atoms with Gasteiger partial charge in [-0.2, -0.15) is 26.3 Å². The zero-order chi connectivity index (χ0) is 31.4. The molecule has 5 nitrogen and oxygen atoms in total. The lowest BCUT2D eigenvalue weighted by Gasteiger charge is -2.30. The van der Waals surface area contributed by atoms with Gasteiger partial charge in [0.25, 0.3) is 0 Å². The number of urea groups is 1. The number of benzene rings is 2. The molecule has 1 saturated carbocycles. The molecule has 3 aromatic rings. The Bertz CT molecular complexity index is 1430. The molecular formula is C32H36F6N4O. The largest absolute Gasteiger partial charge is 0.416 e. The number of carbonyl (C=O) groups is 1. The molecule has 1 aliphatic carbocycles. The van der Waals surface area contributed by atoms with Crippen LogP contribution in [-0.4, -0.2) is 29.0 Å². The molecule has 1 fully saturated rings. The number of anilines is 1. The van der Waals surface area contributed by atoms with Crippen molar-refractivity contribution in [3.8, 4) is 0 Å². The average molecular weight is 607 g/mol. The Labute approximate surface area is 247 Å². The molecule has 2 amide bonds. The second-order valence-corrected chi connectivity index (χ2v) is 11.0. The molecule has 1 N–H and O–H groups in total. The third-order valence-electron chi connectivity index (χ3n) is 7.82. The van der Waals surface area contributed by atoms with Gasteiger partial charge in [-0.1, -0.05) is 37.1 Å². The van der Waals surface area contributed by atoms with Gasteiger partial charge < -0.3 is 15.1 Å². The molecule has 0 unspecified atom stereocenters. The summed E-state index contributed by atoms with van der Waals surface area (Å²) in [7, 11) is 0. The molecule has 0 saturated heterocycles. The van der Waals surface area contributed by atoms with Crippen LogP contribution < -0.4 is 10.2 Å². The van der Waals surface area contributed by atoms with E-state index in [0.29, 0.717) is 41.7 Å². The minimum absolute atomic E-state index is 0.0885. The predicted octanol–water partition coefficient (Wildman–Crippen LogP) is 8.92. The molecule has 0 bridgehead atoms. The Morgan fingerprint density at radius 2 is 1.60 bits per heavy atom. The fourth-order valence-corrected chi connectivity index (χ4v) is 5.47. The minimum atomic E-state index is -5.00. The van der Waals surface area contributed by atoms with Gasteiger partial charge in [-0.15, -0.1) is 0 Å². The molecule has 0 aliphatic heterocycles. The summed E-state index contributed by atoms with van der Waals surface area (Å²) in [6, 6.07) is 10.1. The average Bonchev–Trinajstić information content (AvgIpc) is 3.47. The number of carbonyl (C=O) groups excluding carboxylic acids is 1. The van der Waals surface area contributed by atoms with Gasteiger partial charge in [-0.25, -0.2) is 9.78 Å². The van der Waals surface area contributed by atoms with Crippen molar-refractivity contribution in [2.45, 2.75) is 71.9 Å². The van der Waals surface area contributed by atoms with Crippen LogP contribution in [0.4, 0.5) is 37.0 Å². The van der Waals surface area contributed by atoms with Gasteiger partial charge in [0.2, 0.25) is 0 Å². The molecule has 0 radical (unpaired) electrons. The van der Waals surface area contributed by atoms with Gasteiger partial charge in [0.05, 0.1) is 23.2 Å². The predicted molar refractivity (Wildman–Crippen MR) is 155 cm³/mol. The van der Waals surface area contributed by atoms with Crippen LogP contribution in [0.1, 0.15) is 68.7 Å².